The molecule has 0 N–H and O–H groups in total. The predicted octanol–water partition coefficient (Wildman–Crippen LogP) is 2.04. The predicted molar refractivity (Wildman–Crippen MR) is 56.4 cm³/mol. The minimum Gasteiger partial charge on any atom is -0.385 e. The Morgan fingerprint density at radius 1 is 1.07 bits per heavy atom. The van der Waals surface area contributed by atoms with Crippen molar-refractivity contribution in [3.63, 3.8) is 0 Å². The molecule has 0 aromatic carbocycles. The third kappa shape index (κ3) is 10.5. The van der Waals surface area contributed by atoms with Gasteiger partial charge in [-0.05, 0) is 32.6 Å². The van der Waals surface area contributed by atoms with Crippen molar-refractivity contribution < 1.29 is 32.8 Å². The van der Waals surface area contributed by atoms with Crippen molar-refractivity contribution >= 4 is 5.78 Å². The Morgan fingerprint density at radius 2 is 1.47 bits per heavy atom. The Hall–Kier alpha value is 0.174. The van der Waals surface area contributed by atoms with Crippen LogP contribution < -0.4 is 0 Å². The van der Waals surface area contributed by atoms with Crippen molar-refractivity contribution in [3.8, 4) is 0 Å². The molecule has 3 nitrogen and oxygen atoms in total. The fraction of sp³-hybridized carbons (Fsp3) is 0.909. The maximum absolute atomic E-state index is 11.3. The largest absolute Gasteiger partial charge is 0.385 e. The number of methoxy groups -OCH3 is 2. The first kappa shape index (κ1) is 17.6. The molecule has 89 valence electrons. The van der Waals surface area contributed by atoms with Gasteiger partial charge < -0.3 is 9.47 Å². The molecule has 0 aliphatic rings. The summed E-state index contributed by atoms with van der Waals surface area (Å²) in [7, 11) is 3.38. The van der Waals surface area contributed by atoms with E-state index < -0.39 is 0 Å². The van der Waals surface area contributed by atoms with Crippen LogP contribution in [0, 0.1) is 5.92 Å². The summed E-state index contributed by atoms with van der Waals surface area (Å²) in [4.78, 5) is 11.3. The van der Waals surface area contributed by atoms with Gasteiger partial charge in [0, 0.05) is 51.9 Å². The van der Waals surface area contributed by atoms with Gasteiger partial charge in [-0.3, -0.25) is 4.79 Å². The molecule has 0 heterocycles. The summed E-state index contributed by atoms with van der Waals surface area (Å²) in [5.41, 5.74) is 0. The zero-order valence-electron chi connectivity index (χ0n) is 9.99. The third-order valence-corrected chi connectivity index (χ3v) is 2.38. The Kier molecular flexibility index (Phi) is 14.3. The Morgan fingerprint density at radius 3 is 1.73 bits per heavy atom. The summed E-state index contributed by atoms with van der Waals surface area (Å²) in [6.45, 7) is 3.16. The van der Waals surface area contributed by atoms with Crippen LogP contribution in [0.1, 0.15) is 32.6 Å². The third-order valence-electron chi connectivity index (χ3n) is 2.38. The fourth-order valence-corrected chi connectivity index (χ4v) is 1.50. The Labute approximate surface area is 105 Å². The van der Waals surface area contributed by atoms with Gasteiger partial charge in [-0.2, -0.15) is 0 Å². The molecule has 0 aromatic rings. The normalized spacial score (nSPS) is 10.1. The van der Waals surface area contributed by atoms with Gasteiger partial charge in [-0.1, -0.05) is 0 Å². The molecule has 0 bridgehead atoms. The van der Waals surface area contributed by atoms with E-state index in [1.54, 1.807) is 21.1 Å². The fourth-order valence-electron chi connectivity index (χ4n) is 1.50. The van der Waals surface area contributed by atoms with E-state index in [4.69, 9.17) is 9.47 Å². The molecule has 0 atom stereocenters. The summed E-state index contributed by atoms with van der Waals surface area (Å²) in [6.07, 6.45) is 3.81. The molecular weight excluding hydrogens is 231 g/mol. The minimum absolute atomic E-state index is 0. The van der Waals surface area contributed by atoms with E-state index in [1.165, 1.54) is 0 Å². The molecular formula is C11H22O3V. The smallest absolute Gasteiger partial charge is 0.132 e. The van der Waals surface area contributed by atoms with Gasteiger partial charge in [0.05, 0.1) is 0 Å². The van der Waals surface area contributed by atoms with E-state index in [-0.39, 0.29) is 30.3 Å². The average Bonchev–Trinajstić information content (AvgIpc) is 2.15. The number of carbonyl (C=O) groups is 1. The van der Waals surface area contributed by atoms with Gasteiger partial charge in [0.25, 0.3) is 0 Å². The Balaban J connectivity index is 0. The molecule has 15 heavy (non-hydrogen) atoms. The standard InChI is InChI=1S/C11H22O3.V/c1-10(12)11(6-4-8-13-2)7-5-9-14-3;/h11H,4-9H2,1-3H3;. The topological polar surface area (TPSA) is 35.5 Å². The average molecular weight is 253 g/mol. The van der Waals surface area contributed by atoms with Crippen molar-refractivity contribution in [2.75, 3.05) is 27.4 Å². The van der Waals surface area contributed by atoms with Crippen LogP contribution in [0.3, 0.4) is 0 Å². The molecule has 4 heteroatoms. The van der Waals surface area contributed by atoms with Crippen LogP contribution in [0.2, 0.25) is 0 Å². The number of Topliss-reactive ketones (excluding diaryl/α,β-unsaturated/α-hetero) is 1. The molecule has 0 aliphatic heterocycles. The number of carbonyl (C=O) groups excluding carboxylic acids is 1. The molecule has 0 saturated carbocycles. The van der Waals surface area contributed by atoms with Gasteiger partial charge in [-0.15, -0.1) is 0 Å². The minimum atomic E-state index is 0. The second-order valence-corrected chi connectivity index (χ2v) is 3.58. The van der Waals surface area contributed by atoms with Crippen LogP contribution in [0.5, 0.6) is 0 Å². The molecule has 0 aromatic heterocycles. The summed E-state index contributed by atoms with van der Waals surface area (Å²) in [5.74, 6) is 0.484. The zero-order chi connectivity index (χ0) is 10.8. The summed E-state index contributed by atoms with van der Waals surface area (Å²) >= 11 is 0. The molecule has 0 aliphatic carbocycles. The van der Waals surface area contributed by atoms with Crippen LogP contribution in [-0.2, 0) is 32.8 Å². The monoisotopic (exact) mass is 253 g/mol. The van der Waals surface area contributed by atoms with Crippen molar-refractivity contribution in [1.82, 2.24) is 0 Å². The Bertz CT molecular complexity index is 141. The number of ketones is 1. The van der Waals surface area contributed by atoms with Gasteiger partial charge in [0.1, 0.15) is 5.78 Å². The number of hydrogen-bond acceptors (Lipinski definition) is 3. The first-order valence-electron chi connectivity index (χ1n) is 5.20. The van der Waals surface area contributed by atoms with Gasteiger partial charge in [0.15, 0.2) is 0 Å². The van der Waals surface area contributed by atoms with Crippen LogP contribution in [0.4, 0.5) is 0 Å². The molecule has 0 amide bonds. The van der Waals surface area contributed by atoms with E-state index in [0.29, 0.717) is 0 Å². The van der Waals surface area contributed by atoms with E-state index in [2.05, 4.69) is 0 Å². The van der Waals surface area contributed by atoms with E-state index in [1.807, 2.05) is 0 Å². The maximum atomic E-state index is 11.3. The molecule has 0 spiro atoms. The van der Waals surface area contributed by atoms with Crippen molar-refractivity contribution in [2.24, 2.45) is 5.92 Å². The van der Waals surface area contributed by atoms with Gasteiger partial charge in [-0.25, -0.2) is 0 Å². The van der Waals surface area contributed by atoms with Crippen LogP contribution in [-0.4, -0.2) is 33.2 Å². The first-order valence-corrected chi connectivity index (χ1v) is 5.20. The number of hydrogen-bond donors (Lipinski definition) is 0. The van der Waals surface area contributed by atoms with Crippen molar-refractivity contribution in [3.05, 3.63) is 0 Å². The summed E-state index contributed by atoms with van der Waals surface area (Å²) in [5, 5.41) is 0. The van der Waals surface area contributed by atoms with E-state index in [0.717, 1.165) is 38.9 Å². The van der Waals surface area contributed by atoms with Gasteiger partial charge >= 0.3 is 0 Å². The molecule has 0 saturated heterocycles. The first-order chi connectivity index (χ1) is 6.72. The van der Waals surface area contributed by atoms with Crippen LogP contribution in [0.15, 0.2) is 0 Å². The second kappa shape index (κ2) is 12.2. The molecule has 1 radical (unpaired) electrons. The number of ether oxygens (including phenoxy) is 2. The molecule has 0 fully saturated rings. The molecule has 0 unspecified atom stereocenters. The molecule has 0 rings (SSSR count). The van der Waals surface area contributed by atoms with Crippen LogP contribution in [0.25, 0.3) is 0 Å². The summed E-state index contributed by atoms with van der Waals surface area (Å²) < 4.78 is 9.92. The zero-order valence-corrected chi connectivity index (χ0v) is 11.4. The summed E-state index contributed by atoms with van der Waals surface area (Å²) in [6, 6.07) is 0. The van der Waals surface area contributed by atoms with E-state index >= 15 is 0 Å². The SMILES string of the molecule is COCCCC(CCCOC)C(C)=O.[V]. The van der Waals surface area contributed by atoms with Crippen molar-refractivity contribution in [2.45, 2.75) is 32.6 Å². The second-order valence-electron chi connectivity index (χ2n) is 3.58. The van der Waals surface area contributed by atoms with E-state index in [9.17, 15) is 4.79 Å². The number of rotatable bonds is 9. The quantitative estimate of drug-likeness (QED) is 0.590. The maximum Gasteiger partial charge on any atom is 0.132 e. The van der Waals surface area contributed by atoms with Crippen LogP contribution >= 0.6 is 0 Å². The van der Waals surface area contributed by atoms with Crippen molar-refractivity contribution in [1.29, 1.82) is 0 Å². The van der Waals surface area contributed by atoms with Gasteiger partial charge in [0.2, 0.25) is 0 Å².